The first-order valence-electron chi connectivity index (χ1n) is 7.14. The van der Waals surface area contributed by atoms with Crippen molar-refractivity contribution in [1.29, 1.82) is 0 Å². The number of hydrogen-bond donors (Lipinski definition) is 2. The van der Waals surface area contributed by atoms with Crippen molar-refractivity contribution in [3.05, 3.63) is 58.1 Å². The fourth-order valence-electron chi connectivity index (χ4n) is 1.90. The predicted molar refractivity (Wildman–Crippen MR) is 102 cm³/mol. The molecule has 0 atom stereocenters. The molecule has 0 spiro atoms. The third kappa shape index (κ3) is 5.74. The van der Waals surface area contributed by atoms with E-state index in [0.29, 0.717) is 21.4 Å². The van der Waals surface area contributed by atoms with Crippen LogP contribution in [0, 0.1) is 6.92 Å². The number of benzene rings is 2. The molecule has 0 saturated carbocycles. The van der Waals surface area contributed by atoms with Gasteiger partial charge in [0.1, 0.15) is 0 Å². The Balaban J connectivity index is 1.77. The second kappa shape index (κ2) is 8.97. The highest BCUT2D eigenvalue weighted by Crippen LogP contribution is 2.21. The molecule has 0 radical (unpaired) electrons. The number of aryl methyl sites for hydroxylation is 1. The minimum atomic E-state index is -0.208. The average molecular weight is 383 g/mol. The zero-order chi connectivity index (χ0) is 17.5. The molecular weight excluding hydrogens is 367 g/mol. The zero-order valence-corrected chi connectivity index (χ0v) is 15.3. The van der Waals surface area contributed by atoms with Crippen LogP contribution in [0.2, 0.25) is 10.0 Å². The summed E-state index contributed by atoms with van der Waals surface area (Å²) in [5.41, 5.74) is 2.16. The molecule has 7 heteroatoms. The minimum Gasteiger partial charge on any atom is -0.325 e. The van der Waals surface area contributed by atoms with E-state index in [2.05, 4.69) is 10.6 Å². The van der Waals surface area contributed by atoms with E-state index in [1.165, 1.54) is 11.8 Å². The molecule has 126 valence electrons. The van der Waals surface area contributed by atoms with Crippen molar-refractivity contribution in [2.75, 3.05) is 22.1 Å². The van der Waals surface area contributed by atoms with Crippen molar-refractivity contribution in [1.82, 2.24) is 0 Å². The van der Waals surface area contributed by atoms with Gasteiger partial charge in [-0.1, -0.05) is 41.4 Å². The topological polar surface area (TPSA) is 58.2 Å². The summed E-state index contributed by atoms with van der Waals surface area (Å²) in [4.78, 5) is 23.8. The smallest absolute Gasteiger partial charge is 0.234 e. The Morgan fingerprint density at radius 2 is 1.58 bits per heavy atom. The van der Waals surface area contributed by atoms with Crippen LogP contribution in [0.4, 0.5) is 11.4 Å². The van der Waals surface area contributed by atoms with Gasteiger partial charge in [-0.2, -0.15) is 0 Å². The van der Waals surface area contributed by atoms with Crippen LogP contribution in [0.15, 0.2) is 42.5 Å². The number of hydrogen-bond acceptors (Lipinski definition) is 3. The van der Waals surface area contributed by atoms with Gasteiger partial charge in [0.2, 0.25) is 11.8 Å². The number of para-hydroxylation sites is 1. The first-order chi connectivity index (χ1) is 11.5. The lowest BCUT2D eigenvalue weighted by molar-refractivity contribution is -0.114. The Morgan fingerprint density at radius 1 is 0.958 bits per heavy atom. The summed E-state index contributed by atoms with van der Waals surface area (Å²) < 4.78 is 0. The van der Waals surface area contributed by atoms with Crippen molar-refractivity contribution in [2.45, 2.75) is 6.92 Å². The number of rotatable bonds is 6. The standard InChI is InChI=1S/C17H16Cl2N2O2S/c1-11-6-7-12(18)8-15(11)21-17(23)10-24-9-16(22)20-14-5-3-2-4-13(14)19/h2-8H,9-10H2,1H3,(H,20,22)(H,21,23). The van der Waals surface area contributed by atoms with Crippen LogP contribution < -0.4 is 10.6 Å². The van der Waals surface area contributed by atoms with Crippen molar-refractivity contribution < 1.29 is 9.59 Å². The molecule has 2 amide bonds. The Labute approximate surface area is 154 Å². The number of amides is 2. The average Bonchev–Trinajstić information content (AvgIpc) is 2.53. The Morgan fingerprint density at radius 3 is 2.25 bits per heavy atom. The van der Waals surface area contributed by atoms with E-state index in [9.17, 15) is 9.59 Å². The molecule has 2 aromatic rings. The van der Waals surface area contributed by atoms with Gasteiger partial charge in [0, 0.05) is 10.7 Å². The van der Waals surface area contributed by atoms with Gasteiger partial charge in [-0.05, 0) is 36.8 Å². The van der Waals surface area contributed by atoms with E-state index < -0.39 is 0 Å². The van der Waals surface area contributed by atoms with Crippen LogP contribution >= 0.6 is 35.0 Å². The highest BCUT2D eigenvalue weighted by molar-refractivity contribution is 8.00. The third-order valence-corrected chi connectivity index (χ3v) is 4.59. The maximum absolute atomic E-state index is 11.9. The first kappa shape index (κ1) is 18.6. The molecule has 24 heavy (non-hydrogen) atoms. The second-order valence-electron chi connectivity index (χ2n) is 5.03. The molecule has 0 fully saturated rings. The molecule has 0 bridgehead atoms. The molecule has 0 aliphatic heterocycles. The van der Waals surface area contributed by atoms with Crippen LogP contribution in [0.3, 0.4) is 0 Å². The van der Waals surface area contributed by atoms with Crippen LogP contribution in [0.25, 0.3) is 0 Å². The van der Waals surface area contributed by atoms with Gasteiger partial charge < -0.3 is 10.6 Å². The lowest BCUT2D eigenvalue weighted by Gasteiger charge is -2.09. The second-order valence-corrected chi connectivity index (χ2v) is 6.86. The fourth-order valence-corrected chi connectivity index (χ4v) is 2.87. The van der Waals surface area contributed by atoms with Gasteiger partial charge in [-0.15, -0.1) is 11.8 Å². The van der Waals surface area contributed by atoms with E-state index in [-0.39, 0.29) is 23.3 Å². The van der Waals surface area contributed by atoms with Crippen LogP contribution in [-0.4, -0.2) is 23.3 Å². The van der Waals surface area contributed by atoms with Gasteiger partial charge in [-0.25, -0.2) is 0 Å². The predicted octanol–water partition coefficient (Wildman–Crippen LogP) is 4.61. The number of carbonyl (C=O) groups is 2. The van der Waals surface area contributed by atoms with E-state index in [4.69, 9.17) is 23.2 Å². The van der Waals surface area contributed by atoms with E-state index in [1.807, 2.05) is 13.0 Å². The quantitative estimate of drug-likeness (QED) is 0.766. The molecule has 2 aromatic carbocycles. The number of anilines is 2. The summed E-state index contributed by atoms with van der Waals surface area (Å²) in [6.45, 7) is 1.89. The lowest BCUT2D eigenvalue weighted by atomic mass is 10.2. The van der Waals surface area contributed by atoms with Gasteiger partial charge in [-0.3, -0.25) is 9.59 Å². The third-order valence-electron chi connectivity index (χ3n) is 3.09. The van der Waals surface area contributed by atoms with Gasteiger partial charge in [0.15, 0.2) is 0 Å². The molecule has 4 nitrogen and oxygen atoms in total. The fraction of sp³-hybridized carbons (Fsp3) is 0.176. The molecule has 0 aromatic heterocycles. The molecule has 2 rings (SSSR count). The SMILES string of the molecule is Cc1ccc(Cl)cc1NC(=O)CSCC(=O)Nc1ccccc1Cl. The minimum absolute atomic E-state index is 0.160. The summed E-state index contributed by atoms with van der Waals surface area (Å²) >= 11 is 13.1. The van der Waals surface area contributed by atoms with Crippen molar-refractivity contribution in [3.8, 4) is 0 Å². The number of halogens is 2. The Hall–Kier alpha value is -1.69. The maximum Gasteiger partial charge on any atom is 0.234 e. The van der Waals surface area contributed by atoms with Crippen LogP contribution in [-0.2, 0) is 9.59 Å². The zero-order valence-electron chi connectivity index (χ0n) is 12.9. The van der Waals surface area contributed by atoms with Crippen LogP contribution in [0.1, 0.15) is 5.56 Å². The van der Waals surface area contributed by atoms with Gasteiger partial charge in [0.25, 0.3) is 0 Å². The van der Waals surface area contributed by atoms with Crippen LogP contribution in [0.5, 0.6) is 0 Å². The number of carbonyl (C=O) groups excluding carboxylic acids is 2. The highest BCUT2D eigenvalue weighted by atomic mass is 35.5. The Kier molecular flexibility index (Phi) is 6.97. The monoisotopic (exact) mass is 382 g/mol. The van der Waals surface area contributed by atoms with Gasteiger partial charge >= 0.3 is 0 Å². The molecule has 2 N–H and O–H groups in total. The molecule has 0 unspecified atom stereocenters. The van der Waals surface area contributed by atoms with E-state index in [1.54, 1.807) is 36.4 Å². The van der Waals surface area contributed by atoms with Crippen molar-refractivity contribution in [3.63, 3.8) is 0 Å². The van der Waals surface area contributed by atoms with Crippen molar-refractivity contribution in [2.24, 2.45) is 0 Å². The molecule has 0 heterocycles. The summed E-state index contributed by atoms with van der Waals surface area (Å²) in [7, 11) is 0. The molecule has 0 aliphatic carbocycles. The lowest BCUT2D eigenvalue weighted by Crippen LogP contribution is -2.19. The normalized spacial score (nSPS) is 10.3. The number of thioether (sulfide) groups is 1. The summed E-state index contributed by atoms with van der Waals surface area (Å²) in [5.74, 6) is -0.0644. The summed E-state index contributed by atoms with van der Waals surface area (Å²) in [6.07, 6.45) is 0. The van der Waals surface area contributed by atoms with Crippen molar-refractivity contribution >= 4 is 58.2 Å². The van der Waals surface area contributed by atoms with E-state index in [0.717, 1.165) is 5.56 Å². The summed E-state index contributed by atoms with van der Waals surface area (Å²) in [6, 6.07) is 12.3. The summed E-state index contributed by atoms with van der Waals surface area (Å²) in [5, 5.41) is 6.53. The largest absolute Gasteiger partial charge is 0.325 e. The molecule has 0 aliphatic rings. The van der Waals surface area contributed by atoms with Gasteiger partial charge in [0.05, 0.1) is 22.2 Å². The molecular formula is C17H16Cl2N2O2S. The first-order valence-corrected chi connectivity index (χ1v) is 9.05. The van der Waals surface area contributed by atoms with E-state index >= 15 is 0 Å². The maximum atomic E-state index is 11.9. The number of nitrogens with one attached hydrogen (secondary N) is 2. The molecule has 0 saturated heterocycles. The highest BCUT2D eigenvalue weighted by Gasteiger charge is 2.09. The Bertz CT molecular complexity index is 753.